The summed E-state index contributed by atoms with van der Waals surface area (Å²) in [5.74, 6) is 1.12. The minimum Gasteiger partial charge on any atom is -0.370 e. The van der Waals surface area contributed by atoms with Crippen LogP contribution in [0.5, 0.6) is 0 Å². The van der Waals surface area contributed by atoms with Gasteiger partial charge >= 0.3 is 0 Å². The van der Waals surface area contributed by atoms with Gasteiger partial charge in [-0.1, -0.05) is 38.1 Å². The van der Waals surface area contributed by atoms with Crippen LogP contribution < -0.4 is 11.1 Å². The number of hydrogen-bond donors (Lipinski definition) is 2. The van der Waals surface area contributed by atoms with E-state index in [0.717, 1.165) is 19.4 Å². The highest BCUT2D eigenvalue weighted by molar-refractivity contribution is 14.0. The number of aliphatic imine (C=N–C) groups is 1. The molecule has 0 spiro atoms. The van der Waals surface area contributed by atoms with E-state index in [0.29, 0.717) is 11.9 Å². The SMILES string of the molecule is CN=C(N)NCCCc1ccc(C(C)C)cc1.I. The van der Waals surface area contributed by atoms with Crippen LogP contribution >= 0.6 is 24.0 Å². The molecule has 0 saturated carbocycles. The maximum absolute atomic E-state index is 5.54. The van der Waals surface area contributed by atoms with Crippen LogP contribution in [0.3, 0.4) is 0 Å². The average Bonchev–Trinajstić information content (AvgIpc) is 2.34. The molecule has 0 radical (unpaired) electrons. The normalized spacial score (nSPS) is 11.2. The summed E-state index contributed by atoms with van der Waals surface area (Å²) < 4.78 is 0. The molecule has 18 heavy (non-hydrogen) atoms. The van der Waals surface area contributed by atoms with E-state index in [1.54, 1.807) is 7.05 Å². The second-order valence-corrected chi connectivity index (χ2v) is 4.54. The van der Waals surface area contributed by atoms with Crippen molar-refractivity contribution in [2.45, 2.75) is 32.6 Å². The molecule has 0 aliphatic carbocycles. The van der Waals surface area contributed by atoms with E-state index in [4.69, 9.17) is 5.73 Å². The summed E-state index contributed by atoms with van der Waals surface area (Å²) in [6, 6.07) is 8.86. The molecule has 1 rings (SSSR count). The van der Waals surface area contributed by atoms with Crippen LogP contribution in [-0.2, 0) is 6.42 Å². The lowest BCUT2D eigenvalue weighted by Crippen LogP contribution is -2.32. The lowest BCUT2D eigenvalue weighted by molar-refractivity contribution is 0.767. The minimum absolute atomic E-state index is 0. The van der Waals surface area contributed by atoms with E-state index in [9.17, 15) is 0 Å². The highest BCUT2D eigenvalue weighted by Crippen LogP contribution is 2.15. The number of nitrogens with zero attached hydrogens (tertiary/aromatic N) is 1. The van der Waals surface area contributed by atoms with Crippen molar-refractivity contribution in [3.05, 3.63) is 35.4 Å². The van der Waals surface area contributed by atoms with E-state index in [2.05, 4.69) is 48.4 Å². The zero-order valence-electron chi connectivity index (χ0n) is 11.4. The molecule has 0 unspecified atom stereocenters. The number of nitrogens with one attached hydrogen (secondary N) is 1. The molecule has 3 N–H and O–H groups in total. The zero-order valence-corrected chi connectivity index (χ0v) is 13.8. The highest BCUT2D eigenvalue weighted by atomic mass is 127. The van der Waals surface area contributed by atoms with Gasteiger partial charge in [-0.2, -0.15) is 0 Å². The molecule has 102 valence electrons. The predicted octanol–water partition coefficient (Wildman–Crippen LogP) is 2.89. The summed E-state index contributed by atoms with van der Waals surface area (Å²) in [5, 5.41) is 3.06. The van der Waals surface area contributed by atoms with Crippen molar-refractivity contribution in [1.29, 1.82) is 0 Å². The molecule has 0 fully saturated rings. The quantitative estimate of drug-likeness (QED) is 0.367. The summed E-state index contributed by atoms with van der Waals surface area (Å²) in [5.41, 5.74) is 8.32. The molecule has 0 bridgehead atoms. The van der Waals surface area contributed by atoms with Gasteiger partial charge in [-0.25, -0.2) is 0 Å². The number of benzene rings is 1. The number of nitrogens with two attached hydrogens (primary N) is 1. The molecular formula is C14H24IN3. The minimum atomic E-state index is 0. The maximum Gasteiger partial charge on any atom is 0.188 e. The summed E-state index contributed by atoms with van der Waals surface area (Å²) in [6.45, 7) is 5.30. The van der Waals surface area contributed by atoms with Crippen LogP contribution in [0, 0.1) is 0 Å². The first-order chi connectivity index (χ1) is 8.13. The van der Waals surface area contributed by atoms with Gasteiger partial charge in [0.2, 0.25) is 0 Å². The molecule has 1 aromatic carbocycles. The van der Waals surface area contributed by atoms with E-state index >= 15 is 0 Å². The van der Waals surface area contributed by atoms with Crippen LogP contribution in [0.2, 0.25) is 0 Å². The monoisotopic (exact) mass is 361 g/mol. The first kappa shape index (κ1) is 17.2. The van der Waals surface area contributed by atoms with Crippen LogP contribution in [0.25, 0.3) is 0 Å². The van der Waals surface area contributed by atoms with Gasteiger partial charge in [-0.15, -0.1) is 24.0 Å². The molecule has 3 nitrogen and oxygen atoms in total. The average molecular weight is 361 g/mol. The smallest absolute Gasteiger partial charge is 0.188 e. The van der Waals surface area contributed by atoms with Crippen LogP contribution in [-0.4, -0.2) is 19.6 Å². The van der Waals surface area contributed by atoms with Crippen LogP contribution in [0.15, 0.2) is 29.3 Å². The zero-order chi connectivity index (χ0) is 12.7. The number of halogens is 1. The topological polar surface area (TPSA) is 50.4 Å². The Morgan fingerprint density at radius 3 is 2.39 bits per heavy atom. The molecule has 0 aliphatic heterocycles. The maximum atomic E-state index is 5.54. The number of guanidine groups is 1. The van der Waals surface area contributed by atoms with E-state index in [1.807, 2.05) is 0 Å². The molecule has 0 heterocycles. The molecule has 0 atom stereocenters. The highest BCUT2D eigenvalue weighted by Gasteiger charge is 1.99. The standard InChI is InChI=1S/C14H23N3.HI/c1-11(2)13-8-6-12(7-9-13)5-4-10-17-14(15)16-3;/h6-9,11H,4-5,10H2,1-3H3,(H3,15,16,17);1H. The van der Waals surface area contributed by atoms with Crippen molar-refractivity contribution in [2.24, 2.45) is 10.7 Å². The third-order valence-corrected chi connectivity index (χ3v) is 2.84. The second-order valence-electron chi connectivity index (χ2n) is 4.54. The summed E-state index contributed by atoms with van der Waals surface area (Å²) in [7, 11) is 1.69. The van der Waals surface area contributed by atoms with Crippen molar-refractivity contribution in [3.8, 4) is 0 Å². The van der Waals surface area contributed by atoms with Gasteiger partial charge in [0.05, 0.1) is 0 Å². The van der Waals surface area contributed by atoms with E-state index in [1.165, 1.54) is 11.1 Å². The Hall–Kier alpha value is -0.780. The fourth-order valence-electron chi connectivity index (χ4n) is 1.66. The summed E-state index contributed by atoms with van der Waals surface area (Å²) in [6.07, 6.45) is 2.14. The Labute approximate surface area is 127 Å². The van der Waals surface area contributed by atoms with Gasteiger partial charge in [-0.3, -0.25) is 4.99 Å². The number of hydrogen-bond acceptors (Lipinski definition) is 1. The largest absolute Gasteiger partial charge is 0.370 e. The molecule has 4 heteroatoms. The van der Waals surface area contributed by atoms with Gasteiger partial charge in [0, 0.05) is 13.6 Å². The third kappa shape index (κ3) is 6.23. The Bertz CT molecular complexity index is 358. The first-order valence-corrected chi connectivity index (χ1v) is 6.18. The number of aryl methyl sites for hydroxylation is 1. The Morgan fingerprint density at radius 1 is 1.28 bits per heavy atom. The molecule has 1 aromatic rings. The second kappa shape index (κ2) is 9.19. The van der Waals surface area contributed by atoms with Crippen molar-refractivity contribution < 1.29 is 0 Å². The fraction of sp³-hybridized carbons (Fsp3) is 0.500. The van der Waals surface area contributed by atoms with Gasteiger partial charge in [-0.05, 0) is 29.9 Å². The Morgan fingerprint density at radius 2 is 1.89 bits per heavy atom. The van der Waals surface area contributed by atoms with E-state index in [-0.39, 0.29) is 24.0 Å². The van der Waals surface area contributed by atoms with E-state index < -0.39 is 0 Å². The van der Waals surface area contributed by atoms with Gasteiger partial charge in [0.1, 0.15) is 0 Å². The number of rotatable bonds is 5. The van der Waals surface area contributed by atoms with Gasteiger partial charge in [0.15, 0.2) is 5.96 Å². The molecular weight excluding hydrogens is 337 g/mol. The molecule has 0 saturated heterocycles. The van der Waals surface area contributed by atoms with Crippen LogP contribution in [0.1, 0.15) is 37.3 Å². The Kier molecular flexibility index (Phi) is 8.79. The third-order valence-electron chi connectivity index (χ3n) is 2.84. The van der Waals surface area contributed by atoms with Crippen molar-refractivity contribution in [2.75, 3.05) is 13.6 Å². The van der Waals surface area contributed by atoms with Gasteiger partial charge < -0.3 is 11.1 Å². The lowest BCUT2D eigenvalue weighted by Gasteiger charge is -2.07. The van der Waals surface area contributed by atoms with Crippen molar-refractivity contribution in [3.63, 3.8) is 0 Å². The van der Waals surface area contributed by atoms with Crippen molar-refractivity contribution >= 4 is 29.9 Å². The molecule has 0 aliphatic rings. The molecule has 0 amide bonds. The first-order valence-electron chi connectivity index (χ1n) is 6.18. The Balaban J connectivity index is 0.00000289. The lowest BCUT2D eigenvalue weighted by atomic mass is 10.0. The van der Waals surface area contributed by atoms with Crippen LogP contribution in [0.4, 0.5) is 0 Å². The predicted molar refractivity (Wildman–Crippen MR) is 89.8 cm³/mol. The van der Waals surface area contributed by atoms with Crippen molar-refractivity contribution in [1.82, 2.24) is 5.32 Å². The fourth-order valence-corrected chi connectivity index (χ4v) is 1.66. The summed E-state index contributed by atoms with van der Waals surface area (Å²) >= 11 is 0. The van der Waals surface area contributed by atoms with Gasteiger partial charge in [0.25, 0.3) is 0 Å². The molecule has 0 aromatic heterocycles. The summed E-state index contributed by atoms with van der Waals surface area (Å²) in [4.78, 5) is 3.85.